The molecule has 1 unspecified atom stereocenters. The lowest BCUT2D eigenvalue weighted by molar-refractivity contribution is -0.137. The van der Waals surface area contributed by atoms with Crippen molar-refractivity contribution in [1.29, 1.82) is 0 Å². The molecule has 174 valence electrons. The minimum absolute atomic E-state index is 0.113. The van der Waals surface area contributed by atoms with Crippen molar-refractivity contribution in [3.8, 4) is 11.1 Å². The van der Waals surface area contributed by atoms with E-state index < -0.39 is 12.1 Å². The Morgan fingerprint density at radius 1 is 1.12 bits per heavy atom. The summed E-state index contributed by atoms with van der Waals surface area (Å²) in [5.41, 5.74) is 3.57. The van der Waals surface area contributed by atoms with Gasteiger partial charge in [-0.2, -0.15) is 0 Å². The molecule has 0 aromatic heterocycles. The number of carboxylic acid groups (broad SMARTS) is 1. The normalized spacial score (nSPS) is 27.6. The second-order valence-electron chi connectivity index (χ2n) is 9.15. The number of amides is 1. The third kappa shape index (κ3) is 4.61. The predicted octanol–water partition coefficient (Wildman–Crippen LogP) is 4.31. The van der Waals surface area contributed by atoms with Gasteiger partial charge in [0, 0.05) is 36.9 Å². The summed E-state index contributed by atoms with van der Waals surface area (Å²) in [5.74, 6) is -0.802. The number of benzene rings is 2. The molecule has 0 saturated carbocycles. The topological polar surface area (TPSA) is 91.4 Å². The van der Waals surface area contributed by atoms with Crippen LogP contribution in [0.25, 0.3) is 11.1 Å². The number of likely N-dealkylation sites (N-methyl/N-ethyl adjacent to an activating group) is 1. The van der Waals surface area contributed by atoms with Crippen molar-refractivity contribution < 1.29 is 24.2 Å². The van der Waals surface area contributed by atoms with Gasteiger partial charge in [-0.1, -0.05) is 49.4 Å². The summed E-state index contributed by atoms with van der Waals surface area (Å²) in [6.45, 7) is 3.17. The van der Waals surface area contributed by atoms with Crippen LogP contribution in [0.4, 0.5) is 10.5 Å². The SMILES string of the molecule is CCN1[C@@H]2CC(OC(=O)Nc3cc(CCCC(=O)O)ccc3-c3ccccc3)C[C@H]1[C@@H]1O[C@@H]12. The van der Waals surface area contributed by atoms with Crippen LogP contribution in [0.1, 0.15) is 38.2 Å². The Hall–Kier alpha value is -2.90. The molecule has 2 N–H and O–H groups in total. The summed E-state index contributed by atoms with van der Waals surface area (Å²) in [7, 11) is 0. The number of nitrogens with zero attached hydrogens (tertiary/aromatic N) is 1. The number of carboxylic acids is 1. The van der Waals surface area contributed by atoms with Gasteiger partial charge < -0.3 is 14.6 Å². The maximum atomic E-state index is 12.9. The Kier molecular flexibility index (Phi) is 6.08. The van der Waals surface area contributed by atoms with E-state index in [1.165, 1.54) is 0 Å². The number of anilines is 1. The molecule has 3 heterocycles. The first-order valence-corrected chi connectivity index (χ1v) is 11.8. The minimum Gasteiger partial charge on any atom is -0.481 e. The summed E-state index contributed by atoms with van der Waals surface area (Å²) in [6.07, 6.45) is 2.96. The second kappa shape index (κ2) is 9.15. The number of nitrogens with one attached hydrogen (secondary N) is 1. The number of rotatable bonds is 8. The Labute approximate surface area is 193 Å². The van der Waals surface area contributed by atoms with E-state index in [2.05, 4.69) is 17.1 Å². The van der Waals surface area contributed by atoms with Crippen molar-refractivity contribution in [1.82, 2.24) is 4.90 Å². The van der Waals surface area contributed by atoms with Crippen LogP contribution in [0.3, 0.4) is 0 Å². The van der Waals surface area contributed by atoms with Gasteiger partial charge in [0.1, 0.15) is 18.3 Å². The fourth-order valence-corrected chi connectivity index (χ4v) is 5.57. The average Bonchev–Trinajstić information content (AvgIpc) is 3.56. The molecule has 3 fully saturated rings. The van der Waals surface area contributed by atoms with Gasteiger partial charge >= 0.3 is 12.1 Å². The molecule has 2 aromatic carbocycles. The van der Waals surface area contributed by atoms with Crippen molar-refractivity contribution in [3.63, 3.8) is 0 Å². The second-order valence-corrected chi connectivity index (χ2v) is 9.15. The maximum Gasteiger partial charge on any atom is 0.411 e. The highest BCUT2D eigenvalue weighted by Crippen LogP contribution is 2.48. The minimum atomic E-state index is -0.802. The van der Waals surface area contributed by atoms with E-state index >= 15 is 0 Å². The molecule has 2 aromatic rings. The number of hydrogen-bond acceptors (Lipinski definition) is 5. The molecule has 0 spiro atoms. The number of fused-ring (bicyclic) bond motifs is 5. The van der Waals surface area contributed by atoms with Crippen molar-refractivity contribution in [3.05, 3.63) is 54.1 Å². The van der Waals surface area contributed by atoms with Crippen molar-refractivity contribution >= 4 is 17.7 Å². The van der Waals surface area contributed by atoms with Crippen LogP contribution in [0.5, 0.6) is 0 Å². The first-order chi connectivity index (χ1) is 16.0. The third-order valence-corrected chi connectivity index (χ3v) is 7.08. The molecular formula is C26H30N2O5. The van der Waals surface area contributed by atoms with Crippen LogP contribution in [0.2, 0.25) is 0 Å². The summed E-state index contributed by atoms with van der Waals surface area (Å²) < 4.78 is 11.7. The van der Waals surface area contributed by atoms with E-state index in [0.717, 1.165) is 36.1 Å². The summed E-state index contributed by atoms with van der Waals surface area (Å²) in [6, 6.07) is 16.5. The van der Waals surface area contributed by atoms with Crippen LogP contribution in [0.15, 0.2) is 48.5 Å². The standard InChI is InChI=1S/C26H30N2O5/c1-2-28-21-14-18(15-22(28)25-24(21)33-25)32-26(31)27-20-13-16(7-6-10-23(29)30)11-12-19(20)17-8-4-3-5-9-17/h3-5,8-9,11-13,18,21-22,24-25H,2,6-7,10,14-15H2,1H3,(H,27,31)(H,29,30)/t18?,21-,22+,24-,25+. The molecule has 3 saturated heterocycles. The lowest BCUT2D eigenvalue weighted by Gasteiger charge is -2.39. The molecule has 0 aliphatic carbocycles. The van der Waals surface area contributed by atoms with Gasteiger partial charge in [-0.05, 0) is 36.6 Å². The summed E-state index contributed by atoms with van der Waals surface area (Å²) >= 11 is 0. The number of ether oxygens (including phenoxy) is 2. The molecule has 0 radical (unpaired) electrons. The third-order valence-electron chi connectivity index (χ3n) is 7.08. The molecule has 7 heteroatoms. The number of aryl methyl sites for hydroxylation is 1. The predicted molar refractivity (Wildman–Crippen MR) is 124 cm³/mol. The quantitative estimate of drug-likeness (QED) is 0.583. The summed E-state index contributed by atoms with van der Waals surface area (Å²) in [5, 5.41) is 11.9. The highest BCUT2D eigenvalue weighted by molar-refractivity contribution is 5.91. The van der Waals surface area contributed by atoms with Gasteiger partial charge in [-0.3, -0.25) is 15.0 Å². The van der Waals surface area contributed by atoms with Crippen molar-refractivity contribution in [2.75, 3.05) is 11.9 Å². The Balaban J connectivity index is 1.28. The van der Waals surface area contributed by atoms with Gasteiger partial charge in [0.05, 0.1) is 5.69 Å². The average molecular weight is 451 g/mol. The van der Waals surface area contributed by atoms with E-state index in [9.17, 15) is 9.59 Å². The smallest absolute Gasteiger partial charge is 0.411 e. The number of morpholine rings is 1. The zero-order valence-corrected chi connectivity index (χ0v) is 18.8. The highest BCUT2D eigenvalue weighted by atomic mass is 16.6. The number of aliphatic carboxylic acids is 1. The number of piperidine rings is 1. The zero-order valence-electron chi connectivity index (χ0n) is 18.8. The van der Waals surface area contributed by atoms with E-state index in [1.807, 2.05) is 48.5 Å². The molecule has 3 aliphatic rings. The molecule has 33 heavy (non-hydrogen) atoms. The highest BCUT2D eigenvalue weighted by Gasteiger charge is 2.63. The monoisotopic (exact) mass is 450 g/mol. The fourth-order valence-electron chi connectivity index (χ4n) is 5.57. The van der Waals surface area contributed by atoms with Gasteiger partial charge in [0.25, 0.3) is 0 Å². The van der Waals surface area contributed by atoms with Crippen molar-refractivity contribution in [2.24, 2.45) is 0 Å². The zero-order chi connectivity index (χ0) is 22.9. The van der Waals surface area contributed by atoms with Crippen LogP contribution in [0, 0.1) is 0 Å². The van der Waals surface area contributed by atoms with Crippen LogP contribution in [-0.4, -0.2) is 59.0 Å². The molecule has 5 rings (SSSR count). The number of hydrogen-bond donors (Lipinski definition) is 2. The largest absolute Gasteiger partial charge is 0.481 e. The Bertz CT molecular complexity index is 1010. The maximum absolute atomic E-state index is 12.9. The summed E-state index contributed by atoms with van der Waals surface area (Å²) in [4.78, 5) is 26.3. The first kappa shape index (κ1) is 21.9. The molecule has 2 bridgehead atoms. The van der Waals surface area contributed by atoms with Crippen LogP contribution in [-0.2, 0) is 20.7 Å². The van der Waals surface area contributed by atoms with E-state index in [0.29, 0.717) is 42.8 Å². The lowest BCUT2D eigenvalue weighted by atomic mass is 9.98. The number of epoxide rings is 1. The van der Waals surface area contributed by atoms with E-state index in [-0.39, 0.29) is 12.5 Å². The van der Waals surface area contributed by atoms with E-state index in [4.69, 9.17) is 14.6 Å². The first-order valence-electron chi connectivity index (χ1n) is 11.8. The van der Waals surface area contributed by atoms with Gasteiger partial charge in [0.2, 0.25) is 0 Å². The molecule has 1 amide bonds. The van der Waals surface area contributed by atoms with Crippen LogP contribution < -0.4 is 5.32 Å². The van der Waals surface area contributed by atoms with Crippen molar-refractivity contribution in [2.45, 2.75) is 69.4 Å². The number of carbonyl (C=O) groups excluding carboxylic acids is 1. The van der Waals surface area contributed by atoms with Crippen LogP contribution >= 0.6 is 0 Å². The van der Waals surface area contributed by atoms with E-state index in [1.54, 1.807) is 0 Å². The molecule has 5 atom stereocenters. The molecule has 7 nitrogen and oxygen atoms in total. The van der Waals surface area contributed by atoms with Gasteiger partial charge in [-0.15, -0.1) is 0 Å². The Morgan fingerprint density at radius 2 is 1.85 bits per heavy atom. The Morgan fingerprint density at radius 3 is 2.52 bits per heavy atom. The molecule has 3 aliphatic heterocycles. The molecular weight excluding hydrogens is 420 g/mol. The fraction of sp³-hybridized carbons (Fsp3) is 0.462. The van der Waals surface area contributed by atoms with Gasteiger partial charge in [-0.25, -0.2) is 4.79 Å². The lowest BCUT2D eigenvalue weighted by Crippen LogP contribution is -2.50. The number of carbonyl (C=O) groups is 2. The van der Waals surface area contributed by atoms with Gasteiger partial charge in [0.15, 0.2) is 0 Å².